The zero-order chi connectivity index (χ0) is 15.2. The first-order valence-electron chi connectivity index (χ1n) is 7.02. The fraction of sp³-hybridized carbons (Fsp3) is 0.0556. The molecule has 1 aromatic carbocycles. The first-order chi connectivity index (χ1) is 10.8. The standard InChI is InChI=1S/C18H15N3O/c22-18(17-8-10-19-11-9-17)20-21-12-4-7-16(14-21)13-15-5-2-1-3-6-15/h1-12,14H,13H2. The summed E-state index contributed by atoms with van der Waals surface area (Å²) in [6.45, 7) is 0. The minimum Gasteiger partial charge on any atom is -0.854 e. The Bertz CT molecular complexity index is 771. The van der Waals surface area contributed by atoms with Gasteiger partial charge in [0.1, 0.15) is 0 Å². The average Bonchev–Trinajstić information content (AvgIpc) is 2.57. The van der Waals surface area contributed by atoms with E-state index in [1.54, 1.807) is 35.4 Å². The molecule has 3 rings (SSSR count). The molecule has 0 aliphatic carbocycles. The summed E-state index contributed by atoms with van der Waals surface area (Å²) in [5, 5.41) is 16.1. The fourth-order valence-corrected chi connectivity index (χ4v) is 2.17. The van der Waals surface area contributed by atoms with E-state index in [1.165, 1.54) is 5.56 Å². The smallest absolute Gasteiger partial charge is 0.205 e. The molecule has 2 heterocycles. The molecule has 4 heteroatoms. The predicted octanol–water partition coefficient (Wildman–Crippen LogP) is 1.53. The number of hydrogen-bond donors (Lipinski definition) is 0. The third kappa shape index (κ3) is 3.55. The molecule has 108 valence electrons. The van der Waals surface area contributed by atoms with Gasteiger partial charge in [-0.3, -0.25) is 4.98 Å². The highest BCUT2D eigenvalue weighted by Crippen LogP contribution is 2.06. The summed E-state index contributed by atoms with van der Waals surface area (Å²) < 4.78 is 1.56. The molecule has 3 aromatic rings. The van der Waals surface area contributed by atoms with Crippen LogP contribution in [0.25, 0.3) is 0 Å². The molecule has 0 amide bonds. The lowest BCUT2D eigenvalue weighted by atomic mass is 10.1. The predicted molar refractivity (Wildman–Crippen MR) is 82.1 cm³/mol. The van der Waals surface area contributed by atoms with Crippen molar-refractivity contribution in [3.8, 4) is 0 Å². The third-order valence-corrected chi connectivity index (χ3v) is 3.23. The topological polar surface area (TPSA) is 52.2 Å². The van der Waals surface area contributed by atoms with Crippen molar-refractivity contribution in [3.63, 3.8) is 0 Å². The molecule has 4 nitrogen and oxygen atoms in total. The summed E-state index contributed by atoms with van der Waals surface area (Å²) in [4.78, 5) is 3.90. The van der Waals surface area contributed by atoms with Crippen LogP contribution in [0, 0.1) is 0 Å². The van der Waals surface area contributed by atoms with Gasteiger partial charge in [0, 0.05) is 30.4 Å². The second-order valence-electron chi connectivity index (χ2n) is 4.90. The monoisotopic (exact) mass is 289 g/mol. The fourth-order valence-electron chi connectivity index (χ4n) is 2.17. The Morgan fingerprint density at radius 3 is 2.45 bits per heavy atom. The maximum Gasteiger partial charge on any atom is 0.205 e. The molecule has 2 aromatic heterocycles. The molecule has 0 N–H and O–H groups in total. The highest BCUT2D eigenvalue weighted by Gasteiger charge is 2.03. The third-order valence-electron chi connectivity index (χ3n) is 3.23. The summed E-state index contributed by atoms with van der Waals surface area (Å²) >= 11 is 0. The van der Waals surface area contributed by atoms with Crippen LogP contribution in [0.4, 0.5) is 0 Å². The second kappa shape index (κ2) is 6.63. The molecule has 0 spiro atoms. The van der Waals surface area contributed by atoms with E-state index in [9.17, 15) is 5.11 Å². The van der Waals surface area contributed by atoms with Gasteiger partial charge in [-0.05, 0) is 34.4 Å². The summed E-state index contributed by atoms with van der Waals surface area (Å²) in [7, 11) is 0. The lowest BCUT2D eigenvalue weighted by Gasteiger charge is -2.06. The van der Waals surface area contributed by atoms with E-state index < -0.39 is 0 Å². The first kappa shape index (κ1) is 13.9. The molecule has 0 atom stereocenters. The van der Waals surface area contributed by atoms with Crippen molar-refractivity contribution in [1.29, 1.82) is 0 Å². The van der Waals surface area contributed by atoms with Gasteiger partial charge in [0.25, 0.3) is 0 Å². The van der Waals surface area contributed by atoms with Crippen molar-refractivity contribution in [2.75, 3.05) is 0 Å². The van der Waals surface area contributed by atoms with E-state index in [0.29, 0.717) is 5.56 Å². The summed E-state index contributed by atoms with van der Waals surface area (Å²) in [6.07, 6.45) is 7.60. The number of rotatable bonds is 4. The van der Waals surface area contributed by atoms with Crippen molar-refractivity contribution in [2.45, 2.75) is 6.42 Å². The van der Waals surface area contributed by atoms with Crippen LogP contribution < -0.4 is 9.78 Å². The van der Waals surface area contributed by atoms with Crippen LogP contribution in [0.3, 0.4) is 0 Å². The van der Waals surface area contributed by atoms with Crippen LogP contribution in [0.15, 0.2) is 84.5 Å². The summed E-state index contributed by atoms with van der Waals surface area (Å²) in [5.41, 5.74) is 2.84. The van der Waals surface area contributed by atoms with Crippen molar-refractivity contribution in [2.24, 2.45) is 5.10 Å². The van der Waals surface area contributed by atoms with Gasteiger partial charge < -0.3 is 5.11 Å². The van der Waals surface area contributed by atoms with Crippen molar-refractivity contribution in [3.05, 3.63) is 96.1 Å². The summed E-state index contributed by atoms with van der Waals surface area (Å²) in [5.74, 6) is -0.288. The highest BCUT2D eigenvalue weighted by atomic mass is 16.3. The van der Waals surface area contributed by atoms with E-state index in [-0.39, 0.29) is 5.90 Å². The van der Waals surface area contributed by atoms with Gasteiger partial charge in [0.2, 0.25) is 12.4 Å². The van der Waals surface area contributed by atoms with Crippen LogP contribution in [0.5, 0.6) is 0 Å². The normalized spacial score (nSPS) is 11.4. The van der Waals surface area contributed by atoms with Crippen LogP contribution in [0.1, 0.15) is 16.7 Å². The van der Waals surface area contributed by atoms with Gasteiger partial charge in [0.05, 0.1) is 5.90 Å². The molecule has 0 radical (unpaired) electrons. The van der Waals surface area contributed by atoms with Crippen LogP contribution in [0.2, 0.25) is 0 Å². The summed E-state index contributed by atoms with van der Waals surface area (Å²) in [6, 6.07) is 17.4. The SMILES string of the molecule is [O-]/C(=N\[n+]1cccc(Cc2ccccc2)c1)c1ccncc1. The quantitative estimate of drug-likeness (QED) is 0.415. The van der Waals surface area contributed by atoms with E-state index in [4.69, 9.17) is 0 Å². The minimum atomic E-state index is -0.288. The average molecular weight is 289 g/mol. The number of aromatic nitrogens is 2. The molecule has 0 unspecified atom stereocenters. The maximum atomic E-state index is 12.1. The minimum absolute atomic E-state index is 0.288. The Morgan fingerprint density at radius 1 is 0.955 bits per heavy atom. The molecular weight excluding hydrogens is 274 g/mol. The number of pyridine rings is 2. The molecule has 0 saturated carbocycles. The molecular formula is C18H15N3O. The number of nitrogens with zero attached hydrogens (tertiary/aromatic N) is 3. The second-order valence-corrected chi connectivity index (χ2v) is 4.90. The van der Waals surface area contributed by atoms with E-state index in [1.807, 2.05) is 36.5 Å². The number of benzene rings is 1. The molecule has 22 heavy (non-hydrogen) atoms. The van der Waals surface area contributed by atoms with Crippen LogP contribution in [-0.4, -0.2) is 10.9 Å². The molecule has 0 fully saturated rings. The van der Waals surface area contributed by atoms with Crippen molar-refractivity contribution >= 4 is 5.90 Å². The van der Waals surface area contributed by atoms with E-state index in [0.717, 1.165) is 12.0 Å². The van der Waals surface area contributed by atoms with E-state index >= 15 is 0 Å². The van der Waals surface area contributed by atoms with Gasteiger partial charge in [-0.15, -0.1) is 0 Å². The Balaban J connectivity index is 1.82. The van der Waals surface area contributed by atoms with Gasteiger partial charge in [-0.2, -0.15) is 0 Å². The van der Waals surface area contributed by atoms with Crippen LogP contribution in [-0.2, 0) is 6.42 Å². The molecule has 0 saturated heterocycles. The zero-order valence-electron chi connectivity index (χ0n) is 12.0. The maximum absolute atomic E-state index is 12.1. The van der Waals surface area contributed by atoms with Crippen molar-refractivity contribution < 1.29 is 9.78 Å². The van der Waals surface area contributed by atoms with Crippen molar-refractivity contribution in [1.82, 2.24) is 4.98 Å². The molecule has 0 aliphatic rings. The highest BCUT2D eigenvalue weighted by molar-refractivity contribution is 5.89. The lowest BCUT2D eigenvalue weighted by molar-refractivity contribution is -0.681. The van der Waals surface area contributed by atoms with Crippen LogP contribution >= 0.6 is 0 Å². The van der Waals surface area contributed by atoms with Gasteiger partial charge in [0.15, 0.2) is 0 Å². The van der Waals surface area contributed by atoms with E-state index in [2.05, 4.69) is 22.2 Å². The zero-order valence-corrected chi connectivity index (χ0v) is 12.0. The van der Waals surface area contributed by atoms with Gasteiger partial charge >= 0.3 is 0 Å². The number of hydrogen-bond acceptors (Lipinski definition) is 3. The Morgan fingerprint density at radius 2 is 1.68 bits per heavy atom. The largest absolute Gasteiger partial charge is 0.854 e. The molecule has 0 bridgehead atoms. The Labute approximate surface area is 129 Å². The Hall–Kier alpha value is -3.01. The van der Waals surface area contributed by atoms with Gasteiger partial charge in [-0.1, -0.05) is 35.0 Å². The Kier molecular flexibility index (Phi) is 4.20. The first-order valence-corrected chi connectivity index (χ1v) is 7.02. The lowest BCUT2D eigenvalue weighted by Crippen LogP contribution is -2.33. The van der Waals surface area contributed by atoms with Gasteiger partial charge in [-0.25, -0.2) is 0 Å². The molecule has 0 aliphatic heterocycles.